The van der Waals surface area contributed by atoms with Crippen LogP contribution in [0.3, 0.4) is 0 Å². The summed E-state index contributed by atoms with van der Waals surface area (Å²) in [7, 11) is 0. The summed E-state index contributed by atoms with van der Waals surface area (Å²) in [5.41, 5.74) is 2.49. The van der Waals surface area contributed by atoms with Crippen LogP contribution in [0.1, 0.15) is 48.7 Å². The van der Waals surface area contributed by atoms with E-state index < -0.39 is 23.4 Å². The van der Waals surface area contributed by atoms with Crippen molar-refractivity contribution in [1.29, 1.82) is 0 Å². The van der Waals surface area contributed by atoms with Crippen molar-refractivity contribution in [2.45, 2.75) is 46.7 Å². The standard InChI is InChI=1S/C30H35F2N7O2/c1-5-11-37-12-14-38(15-13-37)29-35-25(21-16-20(10-9-19(21)4)28(40)34-18(2)3)22-17-33-30(41)39(27(22)36-29)26-23(31)7-6-8-24(26)32/h6-10,16,18H,5,11-15,17H2,1-4H3,(H,33,41)(H,34,40). The summed E-state index contributed by atoms with van der Waals surface area (Å²) >= 11 is 0. The molecule has 0 saturated carbocycles. The third-order valence-corrected chi connectivity index (χ3v) is 7.34. The Morgan fingerprint density at radius 2 is 1.78 bits per heavy atom. The zero-order valence-corrected chi connectivity index (χ0v) is 23.8. The number of urea groups is 1. The molecule has 0 bridgehead atoms. The Morgan fingerprint density at radius 1 is 1.07 bits per heavy atom. The fourth-order valence-electron chi connectivity index (χ4n) is 5.27. The third kappa shape index (κ3) is 5.72. The monoisotopic (exact) mass is 563 g/mol. The average molecular weight is 564 g/mol. The normalized spacial score (nSPS) is 15.6. The first-order valence-electron chi connectivity index (χ1n) is 14.0. The smallest absolute Gasteiger partial charge is 0.328 e. The van der Waals surface area contributed by atoms with Gasteiger partial charge >= 0.3 is 6.03 Å². The number of carbonyl (C=O) groups excluding carboxylic acids is 2. The maximum absolute atomic E-state index is 15.0. The Bertz CT molecular complexity index is 1450. The van der Waals surface area contributed by atoms with Crippen molar-refractivity contribution in [3.63, 3.8) is 0 Å². The minimum Gasteiger partial charge on any atom is -0.350 e. The van der Waals surface area contributed by atoms with Gasteiger partial charge in [0.15, 0.2) is 5.82 Å². The fourth-order valence-corrected chi connectivity index (χ4v) is 5.27. The topological polar surface area (TPSA) is 93.7 Å². The third-order valence-electron chi connectivity index (χ3n) is 7.34. The van der Waals surface area contributed by atoms with E-state index in [1.54, 1.807) is 12.1 Å². The number of anilines is 3. The largest absolute Gasteiger partial charge is 0.350 e. The molecule has 0 atom stereocenters. The van der Waals surface area contributed by atoms with Crippen LogP contribution in [0.5, 0.6) is 0 Å². The lowest BCUT2D eigenvalue weighted by molar-refractivity contribution is 0.0943. The quantitative estimate of drug-likeness (QED) is 0.431. The van der Waals surface area contributed by atoms with Gasteiger partial charge in [-0.2, -0.15) is 4.98 Å². The molecule has 2 N–H and O–H groups in total. The molecular formula is C30H35F2N7O2. The van der Waals surface area contributed by atoms with Crippen LogP contribution in [-0.4, -0.2) is 65.6 Å². The molecule has 2 aliphatic heterocycles. The summed E-state index contributed by atoms with van der Waals surface area (Å²) in [5.74, 6) is -1.51. The van der Waals surface area contributed by atoms with Crippen LogP contribution in [-0.2, 0) is 6.54 Å². The lowest BCUT2D eigenvalue weighted by Crippen LogP contribution is -2.48. The second kappa shape index (κ2) is 11.8. The Labute approximate surface area is 238 Å². The highest BCUT2D eigenvalue weighted by Gasteiger charge is 2.35. The van der Waals surface area contributed by atoms with Gasteiger partial charge in [-0.3, -0.25) is 9.69 Å². The molecule has 5 rings (SSSR count). The van der Waals surface area contributed by atoms with E-state index in [2.05, 4.69) is 22.5 Å². The number of hydrogen-bond donors (Lipinski definition) is 2. The van der Waals surface area contributed by atoms with Crippen LogP contribution >= 0.6 is 0 Å². The van der Waals surface area contributed by atoms with Gasteiger partial charge in [-0.05, 0) is 63.6 Å². The van der Waals surface area contributed by atoms with Gasteiger partial charge in [0.1, 0.15) is 17.3 Å². The average Bonchev–Trinajstić information content (AvgIpc) is 2.94. The molecule has 1 fully saturated rings. The van der Waals surface area contributed by atoms with Gasteiger partial charge in [0.25, 0.3) is 5.91 Å². The molecule has 0 radical (unpaired) electrons. The predicted molar refractivity (Wildman–Crippen MR) is 154 cm³/mol. The Morgan fingerprint density at radius 3 is 2.44 bits per heavy atom. The molecule has 3 heterocycles. The molecule has 0 aliphatic carbocycles. The molecule has 0 spiro atoms. The first-order valence-corrected chi connectivity index (χ1v) is 14.0. The second-order valence-corrected chi connectivity index (χ2v) is 10.7. The van der Waals surface area contributed by atoms with Crippen molar-refractivity contribution in [3.8, 4) is 11.3 Å². The second-order valence-electron chi connectivity index (χ2n) is 10.7. The van der Waals surface area contributed by atoms with E-state index in [0.717, 1.165) is 48.7 Å². The molecule has 9 nitrogen and oxygen atoms in total. The van der Waals surface area contributed by atoms with E-state index in [0.29, 0.717) is 41.4 Å². The van der Waals surface area contributed by atoms with Crippen molar-refractivity contribution in [3.05, 3.63) is 64.7 Å². The number of aromatic nitrogens is 2. The predicted octanol–water partition coefficient (Wildman–Crippen LogP) is 4.76. The minimum absolute atomic E-state index is 0.0449. The van der Waals surface area contributed by atoms with E-state index in [4.69, 9.17) is 9.97 Å². The van der Waals surface area contributed by atoms with E-state index in [-0.39, 0.29) is 24.3 Å². The Kier molecular flexibility index (Phi) is 8.16. The number of nitrogens with zero attached hydrogens (tertiary/aromatic N) is 5. The van der Waals surface area contributed by atoms with E-state index in [1.807, 2.05) is 31.7 Å². The number of para-hydroxylation sites is 1. The first-order chi connectivity index (χ1) is 19.7. The number of amides is 3. The summed E-state index contributed by atoms with van der Waals surface area (Å²) in [4.78, 5) is 41.1. The first kappa shape index (κ1) is 28.4. The number of carbonyl (C=O) groups is 2. The minimum atomic E-state index is -0.883. The number of hydrogen-bond acceptors (Lipinski definition) is 6. The zero-order valence-electron chi connectivity index (χ0n) is 23.8. The van der Waals surface area contributed by atoms with Gasteiger partial charge in [-0.15, -0.1) is 0 Å². The highest BCUT2D eigenvalue weighted by molar-refractivity contribution is 6.02. The lowest BCUT2D eigenvalue weighted by atomic mass is 9.97. The van der Waals surface area contributed by atoms with E-state index in [1.165, 1.54) is 6.07 Å². The number of nitrogens with one attached hydrogen (secondary N) is 2. The maximum atomic E-state index is 15.0. The number of fused-ring (bicyclic) bond motifs is 1. The van der Waals surface area contributed by atoms with Crippen LogP contribution in [0.4, 0.5) is 31.0 Å². The molecule has 2 aliphatic rings. The summed E-state index contributed by atoms with van der Waals surface area (Å²) in [6, 6.07) is 8.10. The van der Waals surface area contributed by atoms with Gasteiger partial charge in [-0.1, -0.05) is 19.1 Å². The number of benzene rings is 2. The van der Waals surface area contributed by atoms with Crippen molar-refractivity contribution >= 4 is 29.4 Å². The van der Waals surface area contributed by atoms with Gasteiger partial charge < -0.3 is 15.5 Å². The molecule has 1 aromatic heterocycles. The molecule has 11 heteroatoms. The summed E-state index contributed by atoms with van der Waals surface area (Å²) < 4.78 is 30.1. The Hall–Kier alpha value is -4.12. The van der Waals surface area contributed by atoms with Gasteiger partial charge in [0.05, 0.1) is 12.2 Å². The summed E-state index contributed by atoms with van der Waals surface area (Å²) in [5, 5.41) is 5.64. The van der Waals surface area contributed by atoms with Crippen LogP contribution in [0.15, 0.2) is 36.4 Å². The highest BCUT2D eigenvalue weighted by atomic mass is 19.1. The summed E-state index contributed by atoms with van der Waals surface area (Å²) in [6.45, 7) is 11.8. The molecular weight excluding hydrogens is 528 g/mol. The fraction of sp³-hybridized carbons (Fsp3) is 0.400. The van der Waals surface area contributed by atoms with Crippen molar-refractivity contribution in [2.24, 2.45) is 0 Å². The number of piperazine rings is 1. The van der Waals surface area contributed by atoms with Crippen LogP contribution in [0.25, 0.3) is 11.3 Å². The molecule has 0 unspecified atom stereocenters. The van der Waals surface area contributed by atoms with Crippen LogP contribution < -0.4 is 20.4 Å². The van der Waals surface area contributed by atoms with Gasteiger partial charge in [0, 0.05) is 48.9 Å². The number of halogens is 2. The molecule has 3 amide bonds. The van der Waals surface area contributed by atoms with E-state index in [9.17, 15) is 9.59 Å². The van der Waals surface area contributed by atoms with Crippen molar-refractivity contribution in [2.75, 3.05) is 42.5 Å². The summed E-state index contributed by atoms with van der Waals surface area (Å²) in [6.07, 6.45) is 1.05. The molecule has 41 heavy (non-hydrogen) atoms. The van der Waals surface area contributed by atoms with Crippen LogP contribution in [0.2, 0.25) is 0 Å². The number of rotatable bonds is 7. The van der Waals surface area contributed by atoms with Crippen LogP contribution in [0, 0.1) is 18.6 Å². The lowest BCUT2D eigenvalue weighted by Gasteiger charge is -2.36. The van der Waals surface area contributed by atoms with Gasteiger partial charge in [-0.25, -0.2) is 23.5 Å². The molecule has 3 aromatic rings. The molecule has 1 saturated heterocycles. The maximum Gasteiger partial charge on any atom is 0.328 e. The zero-order chi connectivity index (χ0) is 29.3. The van der Waals surface area contributed by atoms with Crippen molar-refractivity contribution < 1.29 is 18.4 Å². The van der Waals surface area contributed by atoms with E-state index >= 15 is 8.78 Å². The Balaban J connectivity index is 1.69. The van der Waals surface area contributed by atoms with Crippen molar-refractivity contribution in [1.82, 2.24) is 25.5 Å². The SMILES string of the molecule is CCCN1CCN(c2nc(-c3cc(C(=O)NC(C)C)ccc3C)c3c(n2)N(c2c(F)cccc2F)C(=O)NC3)CC1. The van der Waals surface area contributed by atoms with Gasteiger partial charge in [0.2, 0.25) is 5.95 Å². The molecule has 2 aromatic carbocycles. The highest BCUT2D eigenvalue weighted by Crippen LogP contribution is 2.39. The number of aryl methyl sites for hydroxylation is 1. The molecule has 216 valence electrons.